The third-order valence-corrected chi connectivity index (χ3v) is 6.53. The number of benzene rings is 2. The molecule has 33 heavy (non-hydrogen) atoms. The van der Waals surface area contributed by atoms with Gasteiger partial charge in [-0.05, 0) is 60.4 Å². The van der Waals surface area contributed by atoms with Gasteiger partial charge < -0.3 is 10.2 Å². The molecule has 0 unspecified atom stereocenters. The zero-order chi connectivity index (χ0) is 22.8. The lowest BCUT2D eigenvalue weighted by molar-refractivity contribution is -0.126. The van der Waals surface area contributed by atoms with Crippen LogP contribution >= 0.6 is 23.2 Å². The summed E-state index contributed by atoms with van der Waals surface area (Å²) in [5, 5.41) is 17.0. The maximum absolute atomic E-state index is 13.3. The minimum Gasteiger partial charge on any atom is -0.355 e. The van der Waals surface area contributed by atoms with E-state index in [0.29, 0.717) is 15.7 Å². The zero-order valence-corrected chi connectivity index (χ0v) is 19.2. The van der Waals surface area contributed by atoms with E-state index in [2.05, 4.69) is 25.5 Å². The zero-order valence-electron chi connectivity index (χ0n) is 17.7. The van der Waals surface area contributed by atoms with Crippen LogP contribution in [0.15, 0.2) is 67.0 Å². The van der Waals surface area contributed by atoms with E-state index in [1.54, 1.807) is 10.8 Å². The van der Waals surface area contributed by atoms with Crippen molar-refractivity contribution in [2.24, 2.45) is 5.92 Å². The third kappa shape index (κ3) is 4.79. The standard InChI is InChI=1S/C24H22Cl2N6O/c25-19-5-1-16(2-6-19)23(17-3-7-20(26)8-4-17)28-24(33)18-11-13-31(14-12-18)22-10-9-21-29-27-15-32(21)30-22/h1-10,15,18,23H,11-14H2,(H,28,33). The van der Waals surface area contributed by atoms with Crippen LogP contribution in [-0.2, 0) is 4.79 Å². The predicted molar refractivity (Wildman–Crippen MR) is 129 cm³/mol. The molecule has 1 aliphatic rings. The molecule has 4 aromatic rings. The highest BCUT2D eigenvalue weighted by atomic mass is 35.5. The summed E-state index contributed by atoms with van der Waals surface area (Å²) in [7, 11) is 0. The van der Waals surface area contributed by atoms with E-state index >= 15 is 0 Å². The van der Waals surface area contributed by atoms with Crippen LogP contribution in [0.25, 0.3) is 5.65 Å². The molecule has 2 aromatic heterocycles. The molecule has 1 amide bonds. The van der Waals surface area contributed by atoms with Gasteiger partial charge in [-0.1, -0.05) is 47.5 Å². The minimum absolute atomic E-state index is 0.0479. The molecular formula is C24H22Cl2N6O. The average molecular weight is 481 g/mol. The van der Waals surface area contributed by atoms with Gasteiger partial charge in [0.1, 0.15) is 12.1 Å². The Labute approximate surface area is 201 Å². The van der Waals surface area contributed by atoms with E-state index in [9.17, 15) is 4.79 Å². The normalized spacial score (nSPS) is 14.7. The number of halogens is 2. The van der Waals surface area contributed by atoms with Gasteiger partial charge in [-0.15, -0.1) is 15.3 Å². The first-order valence-corrected chi connectivity index (χ1v) is 11.6. The smallest absolute Gasteiger partial charge is 0.223 e. The molecule has 0 saturated carbocycles. The lowest BCUT2D eigenvalue weighted by Crippen LogP contribution is -2.42. The molecule has 1 fully saturated rings. The number of anilines is 1. The van der Waals surface area contributed by atoms with Crippen molar-refractivity contribution in [3.8, 4) is 0 Å². The Kier molecular flexibility index (Phi) is 6.15. The summed E-state index contributed by atoms with van der Waals surface area (Å²) in [6.07, 6.45) is 3.09. The largest absolute Gasteiger partial charge is 0.355 e. The van der Waals surface area contributed by atoms with Crippen LogP contribution in [0.5, 0.6) is 0 Å². The number of fused-ring (bicyclic) bond motifs is 1. The summed E-state index contributed by atoms with van der Waals surface area (Å²) in [5.74, 6) is 0.843. The van der Waals surface area contributed by atoms with Crippen LogP contribution in [0.1, 0.15) is 30.0 Å². The van der Waals surface area contributed by atoms with Gasteiger partial charge in [-0.25, -0.2) is 0 Å². The molecule has 168 valence electrons. The Hall–Kier alpha value is -3.16. The van der Waals surface area contributed by atoms with E-state index in [1.807, 2.05) is 60.7 Å². The summed E-state index contributed by atoms with van der Waals surface area (Å²) in [6.45, 7) is 1.51. The molecule has 2 aromatic carbocycles. The van der Waals surface area contributed by atoms with Gasteiger partial charge in [-0.3, -0.25) is 4.79 Å². The van der Waals surface area contributed by atoms with Crippen molar-refractivity contribution in [3.05, 3.63) is 88.2 Å². The van der Waals surface area contributed by atoms with Gasteiger partial charge in [0.25, 0.3) is 0 Å². The number of rotatable bonds is 5. The van der Waals surface area contributed by atoms with Gasteiger partial charge in [0.2, 0.25) is 5.91 Å². The van der Waals surface area contributed by atoms with Crippen molar-refractivity contribution < 1.29 is 4.79 Å². The number of carbonyl (C=O) groups excluding carboxylic acids is 1. The third-order valence-electron chi connectivity index (χ3n) is 6.03. The second-order valence-electron chi connectivity index (χ2n) is 8.13. The number of piperidine rings is 1. The topological polar surface area (TPSA) is 75.4 Å². The Balaban J connectivity index is 1.28. The molecule has 0 aliphatic carbocycles. The number of carbonyl (C=O) groups is 1. The van der Waals surface area contributed by atoms with Crippen molar-refractivity contribution in [1.29, 1.82) is 0 Å². The van der Waals surface area contributed by atoms with Gasteiger partial charge >= 0.3 is 0 Å². The van der Waals surface area contributed by atoms with E-state index in [-0.39, 0.29) is 17.9 Å². The number of amides is 1. The molecule has 5 rings (SSSR count). The van der Waals surface area contributed by atoms with E-state index in [0.717, 1.165) is 42.9 Å². The molecule has 0 spiro atoms. The number of nitrogens with zero attached hydrogens (tertiary/aromatic N) is 5. The molecule has 9 heteroatoms. The second-order valence-corrected chi connectivity index (χ2v) is 9.00. The van der Waals surface area contributed by atoms with Crippen molar-refractivity contribution in [1.82, 2.24) is 25.1 Å². The van der Waals surface area contributed by atoms with E-state index < -0.39 is 0 Å². The van der Waals surface area contributed by atoms with E-state index in [1.165, 1.54) is 0 Å². The van der Waals surface area contributed by atoms with Gasteiger partial charge in [0, 0.05) is 29.1 Å². The van der Waals surface area contributed by atoms with Gasteiger partial charge in [-0.2, -0.15) is 4.52 Å². The summed E-state index contributed by atoms with van der Waals surface area (Å²) in [6, 6.07) is 18.7. The van der Waals surface area contributed by atoms with Crippen LogP contribution in [-0.4, -0.2) is 38.8 Å². The maximum atomic E-state index is 13.3. The Bertz CT molecular complexity index is 1200. The fourth-order valence-electron chi connectivity index (χ4n) is 4.19. The monoisotopic (exact) mass is 480 g/mol. The quantitative estimate of drug-likeness (QED) is 0.453. The number of hydrogen-bond acceptors (Lipinski definition) is 5. The van der Waals surface area contributed by atoms with Crippen LogP contribution < -0.4 is 10.2 Å². The first-order chi connectivity index (χ1) is 16.1. The maximum Gasteiger partial charge on any atom is 0.223 e. The molecule has 1 aliphatic heterocycles. The molecule has 0 radical (unpaired) electrons. The van der Waals surface area contributed by atoms with Crippen molar-refractivity contribution >= 4 is 40.6 Å². The van der Waals surface area contributed by atoms with E-state index in [4.69, 9.17) is 23.2 Å². The summed E-state index contributed by atoms with van der Waals surface area (Å²) < 4.78 is 1.66. The highest BCUT2D eigenvalue weighted by Crippen LogP contribution is 2.27. The lowest BCUT2D eigenvalue weighted by Gasteiger charge is -2.33. The van der Waals surface area contributed by atoms with Crippen LogP contribution in [0, 0.1) is 5.92 Å². The molecule has 3 heterocycles. The van der Waals surface area contributed by atoms with Crippen LogP contribution in [0.4, 0.5) is 5.82 Å². The minimum atomic E-state index is -0.275. The molecular weight excluding hydrogens is 459 g/mol. The van der Waals surface area contributed by atoms with Crippen LogP contribution in [0.3, 0.4) is 0 Å². The highest BCUT2D eigenvalue weighted by molar-refractivity contribution is 6.30. The number of hydrogen-bond donors (Lipinski definition) is 1. The van der Waals surface area contributed by atoms with Crippen molar-refractivity contribution in [2.45, 2.75) is 18.9 Å². The summed E-state index contributed by atoms with van der Waals surface area (Å²) in [5.41, 5.74) is 2.65. The number of aromatic nitrogens is 4. The van der Waals surface area contributed by atoms with Crippen LogP contribution in [0.2, 0.25) is 10.0 Å². The van der Waals surface area contributed by atoms with Gasteiger partial charge in [0.15, 0.2) is 5.65 Å². The molecule has 1 saturated heterocycles. The number of nitrogens with one attached hydrogen (secondary N) is 1. The lowest BCUT2D eigenvalue weighted by atomic mass is 9.93. The Morgan fingerprint density at radius 3 is 2.12 bits per heavy atom. The highest BCUT2D eigenvalue weighted by Gasteiger charge is 2.28. The fourth-order valence-corrected chi connectivity index (χ4v) is 4.44. The first-order valence-electron chi connectivity index (χ1n) is 10.8. The molecule has 0 bridgehead atoms. The fraction of sp³-hybridized carbons (Fsp3) is 0.250. The predicted octanol–water partition coefficient (Wildman–Crippen LogP) is 4.55. The molecule has 1 N–H and O–H groups in total. The first kappa shape index (κ1) is 21.7. The van der Waals surface area contributed by atoms with Crippen molar-refractivity contribution in [2.75, 3.05) is 18.0 Å². The summed E-state index contributed by atoms with van der Waals surface area (Å²) in [4.78, 5) is 15.4. The average Bonchev–Trinajstić information content (AvgIpc) is 3.32. The Morgan fingerprint density at radius 1 is 0.909 bits per heavy atom. The molecule has 0 atom stereocenters. The van der Waals surface area contributed by atoms with Crippen molar-refractivity contribution in [3.63, 3.8) is 0 Å². The van der Waals surface area contributed by atoms with Gasteiger partial charge in [0.05, 0.1) is 6.04 Å². The Morgan fingerprint density at radius 2 is 1.52 bits per heavy atom. The summed E-state index contributed by atoms with van der Waals surface area (Å²) >= 11 is 12.2. The second kappa shape index (κ2) is 9.37. The molecule has 7 nitrogen and oxygen atoms in total. The SMILES string of the molecule is O=C(NC(c1ccc(Cl)cc1)c1ccc(Cl)cc1)C1CCN(c2ccc3nncn3n2)CC1.